The van der Waals surface area contributed by atoms with Crippen molar-refractivity contribution in [3.63, 3.8) is 0 Å². The number of benzene rings is 2. The molecule has 2 aromatic rings. The van der Waals surface area contributed by atoms with Crippen LogP contribution in [0.4, 0.5) is 0 Å². The van der Waals surface area contributed by atoms with Crippen LogP contribution >= 0.6 is 7.60 Å². The molecule has 112 valence electrons. The molecule has 0 amide bonds. The summed E-state index contributed by atoms with van der Waals surface area (Å²) in [5, 5.41) is -0.227. The third kappa shape index (κ3) is 3.79. The van der Waals surface area contributed by atoms with E-state index in [-0.39, 0.29) is 36.9 Å². The maximum absolute atomic E-state index is 12.7. The molecule has 22 heavy (non-hydrogen) atoms. The molecule has 0 aliphatic rings. The first kappa shape index (κ1) is 18.9. The van der Waals surface area contributed by atoms with Crippen LogP contribution in [-0.4, -0.2) is 15.6 Å². The van der Waals surface area contributed by atoms with Crippen molar-refractivity contribution in [2.75, 3.05) is 0 Å². The van der Waals surface area contributed by atoms with Crippen LogP contribution < -0.4 is 24.2 Å². The molecule has 0 aliphatic heterocycles. The molecule has 0 saturated heterocycles. The van der Waals surface area contributed by atoms with Crippen LogP contribution in [0.3, 0.4) is 0 Å². The minimum absolute atomic E-state index is 0. The number of ketones is 1. The molecule has 0 spiro atoms. The van der Waals surface area contributed by atoms with Crippen molar-refractivity contribution in [3.8, 4) is 0 Å². The first-order chi connectivity index (χ1) is 9.71. The predicted molar refractivity (Wildman–Crippen MR) is 83.3 cm³/mol. The van der Waals surface area contributed by atoms with Crippen molar-refractivity contribution >= 4 is 18.7 Å². The van der Waals surface area contributed by atoms with Crippen molar-refractivity contribution in [2.24, 2.45) is 0 Å². The predicted octanol–water partition coefficient (Wildman–Crippen LogP) is -0.238. The first-order valence-electron chi connectivity index (χ1n) is 6.49. The van der Waals surface area contributed by atoms with Crippen LogP contribution in [-0.2, 0) is 4.57 Å². The summed E-state index contributed by atoms with van der Waals surface area (Å²) in [5.74, 6) is -0.357. The van der Waals surface area contributed by atoms with Gasteiger partial charge in [0.25, 0.3) is 0 Å². The molecule has 0 saturated carbocycles. The van der Waals surface area contributed by atoms with E-state index in [0.717, 1.165) is 16.7 Å². The van der Waals surface area contributed by atoms with E-state index in [1.54, 1.807) is 6.07 Å². The summed E-state index contributed by atoms with van der Waals surface area (Å²) in [6, 6.07) is 9.65. The van der Waals surface area contributed by atoms with Gasteiger partial charge in [-0.2, -0.15) is 0 Å². The third-order valence-electron chi connectivity index (χ3n) is 3.37. The number of carbonyl (C=O) groups is 1. The number of hydrogen-bond acceptors (Lipinski definition) is 2. The molecule has 4 nitrogen and oxygen atoms in total. The van der Waals surface area contributed by atoms with Gasteiger partial charge in [-0.3, -0.25) is 9.36 Å². The van der Waals surface area contributed by atoms with Crippen LogP contribution in [0.25, 0.3) is 0 Å². The Morgan fingerprint density at radius 3 is 2.05 bits per heavy atom. The van der Waals surface area contributed by atoms with Crippen LogP contribution in [0.1, 0.15) is 34.0 Å². The van der Waals surface area contributed by atoms with Crippen LogP contribution in [0, 0.1) is 20.8 Å². The Hall–Kier alpha value is -1.14. The summed E-state index contributed by atoms with van der Waals surface area (Å²) in [4.78, 5) is 31.5. The average molecular weight is 312 g/mol. The Bertz CT molecular complexity index is 747. The van der Waals surface area contributed by atoms with E-state index in [9.17, 15) is 19.1 Å². The van der Waals surface area contributed by atoms with Crippen molar-refractivity contribution in [1.29, 1.82) is 0 Å². The second-order valence-electron chi connectivity index (χ2n) is 5.16. The summed E-state index contributed by atoms with van der Waals surface area (Å²) in [5.41, 5.74) is 3.21. The van der Waals surface area contributed by atoms with E-state index in [0.29, 0.717) is 5.56 Å². The van der Waals surface area contributed by atoms with Crippen LogP contribution in [0.5, 0.6) is 0 Å². The van der Waals surface area contributed by atoms with E-state index in [4.69, 9.17) is 0 Å². The molecule has 0 aromatic heterocycles. The van der Waals surface area contributed by atoms with Crippen LogP contribution in [0.15, 0.2) is 36.4 Å². The Balaban J connectivity index is 0.00000242. The molecule has 0 radical (unpaired) electrons. The van der Waals surface area contributed by atoms with E-state index in [2.05, 4.69) is 0 Å². The summed E-state index contributed by atoms with van der Waals surface area (Å²) < 4.78 is 11.6. The zero-order valence-electron chi connectivity index (χ0n) is 14.1. The molecule has 0 atom stereocenters. The Labute approximate surface area is 143 Å². The molecule has 6 heteroatoms. The summed E-state index contributed by atoms with van der Waals surface area (Å²) in [6.45, 7) is 5.60. The van der Waals surface area contributed by atoms with Crippen LogP contribution in [0.2, 0.25) is 0 Å². The Kier molecular flexibility index (Phi) is 5.98. The van der Waals surface area contributed by atoms with Gasteiger partial charge < -0.3 is 11.2 Å². The van der Waals surface area contributed by atoms with E-state index >= 15 is 0 Å². The van der Waals surface area contributed by atoms with Gasteiger partial charge in [-0.05, 0) is 38.0 Å². The summed E-state index contributed by atoms with van der Waals surface area (Å²) >= 11 is 0. The fourth-order valence-corrected chi connectivity index (χ4v) is 3.36. The molecule has 0 fully saturated rings. The number of rotatable bonds is 3. The zero-order valence-corrected chi connectivity index (χ0v) is 14.0. The van der Waals surface area contributed by atoms with Gasteiger partial charge in [0.15, 0.2) is 5.78 Å². The van der Waals surface area contributed by atoms with Gasteiger partial charge in [0.2, 0.25) is 0 Å². The minimum atomic E-state index is -4.49. The van der Waals surface area contributed by atoms with Gasteiger partial charge in [-0.25, -0.2) is 0 Å². The van der Waals surface area contributed by atoms with Gasteiger partial charge in [0.05, 0.1) is 5.30 Å². The molecule has 0 aliphatic carbocycles. The van der Waals surface area contributed by atoms with Crippen molar-refractivity contribution in [3.05, 3.63) is 64.2 Å². The maximum Gasteiger partial charge on any atom is 1.00 e. The second-order valence-corrected chi connectivity index (χ2v) is 6.73. The topological polar surface area (TPSA) is 74.6 Å². The average Bonchev–Trinajstić information content (AvgIpc) is 2.36. The largest absolute Gasteiger partial charge is 1.00 e. The minimum Gasteiger partial charge on any atom is -1.00 e. The fourth-order valence-electron chi connectivity index (χ4n) is 2.59. The molecule has 2 N–H and O–H groups in total. The van der Waals surface area contributed by atoms with Crippen molar-refractivity contribution in [2.45, 2.75) is 20.8 Å². The van der Waals surface area contributed by atoms with Gasteiger partial charge in [-0.1, -0.05) is 35.9 Å². The Morgan fingerprint density at radius 2 is 1.55 bits per heavy atom. The zero-order chi connectivity index (χ0) is 15.8. The molecule has 0 unspecified atom stereocenters. The van der Waals surface area contributed by atoms with E-state index in [1.165, 1.54) is 18.2 Å². The van der Waals surface area contributed by atoms with Gasteiger partial charge in [0, 0.05) is 11.1 Å². The van der Waals surface area contributed by atoms with E-state index in [1.807, 2.05) is 32.9 Å². The number of carbonyl (C=O) groups excluding carboxylic acids is 1. The van der Waals surface area contributed by atoms with Gasteiger partial charge in [0.1, 0.15) is 0 Å². The summed E-state index contributed by atoms with van der Waals surface area (Å²) in [7, 11) is -4.49. The second kappa shape index (κ2) is 6.96. The van der Waals surface area contributed by atoms with Crippen molar-refractivity contribution < 1.29 is 39.4 Å². The first-order valence-corrected chi connectivity index (χ1v) is 8.10. The smallest absolute Gasteiger partial charge is 1.00 e. The normalized spacial score (nSPS) is 11.0. The molecule has 2 aromatic carbocycles. The number of hydrogen-bond donors (Lipinski definition) is 2. The quantitative estimate of drug-likeness (QED) is 0.466. The maximum atomic E-state index is 12.7. The standard InChI is InChI=1S/C16H17O4P.Li.H/c1-10-8-11(2)15(12(3)9-10)16(17)13-6-4-5-7-14(13)21(18,19)20;;/h4-9H,1-3H3,(H2,18,19,20);;/q;+1;-1. The van der Waals surface area contributed by atoms with E-state index < -0.39 is 7.60 Å². The SMILES string of the molecule is Cc1cc(C)c(C(=O)c2ccccc2P(=O)(O)O)c(C)c1.[H-].[Li+]. The fraction of sp³-hybridized carbons (Fsp3) is 0.188. The molecular formula is C16H18LiO4P. The molecular weight excluding hydrogens is 294 g/mol. The molecule has 0 bridgehead atoms. The van der Waals surface area contributed by atoms with Gasteiger partial charge >= 0.3 is 26.5 Å². The monoisotopic (exact) mass is 312 g/mol. The molecule has 0 heterocycles. The Morgan fingerprint density at radius 1 is 1.05 bits per heavy atom. The van der Waals surface area contributed by atoms with Crippen molar-refractivity contribution in [1.82, 2.24) is 0 Å². The summed E-state index contributed by atoms with van der Waals surface area (Å²) in [6.07, 6.45) is 0. The van der Waals surface area contributed by atoms with Gasteiger partial charge in [-0.15, -0.1) is 0 Å². The number of aryl methyl sites for hydroxylation is 3. The molecule has 2 rings (SSSR count). The third-order valence-corrected chi connectivity index (χ3v) is 4.38.